The molecule has 0 spiro atoms. The Morgan fingerprint density at radius 3 is 2.80 bits per heavy atom. The summed E-state index contributed by atoms with van der Waals surface area (Å²) in [5.74, 6) is 1.74. The molecule has 0 saturated carbocycles. The number of anilines is 1. The van der Waals surface area contributed by atoms with Gasteiger partial charge in [0.1, 0.15) is 18.0 Å². The van der Waals surface area contributed by atoms with E-state index in [1.165, 1.54) is 17.7 Å². The van der Waals surface area contributed by atoms with Crippen molar-refractivity contribution in [2.45, 2.75) is 46.5 Å². The first-order valence-corrected chi connectivity index (χ1v) is 8.80. The molecule has 0 aromatic carbocycles. The molecule has 0 amide bonds. The lowest BCUT2D eigenvalue weighted by atomic mass is 10.1. The van der Waals surface area contributed by atoms with Crippen molar-refractivity contribution in [3.05, 3.63) is 46.4 Å². The van der Waals surface area contributed by atoms with Crippen molar-refractivity contribution in [3.63, 3.8) is 0 Å². The monoisotopic (exact) mass is 334 g/mol. The molecule has 3 aromatic rings. The lowest BCUT2D eigenvalue weighted by Crippen LogP contribution is -2.11. The van der Waals surface area contributed by atoms with E-state index in [1.807, 2.05) is 6.92 Å². The molecule has 3 heterocycles. The van der Waals surface area contributed by atoms with Gasteiger partial charge in [0.25, 0.3) is 0 Å². The summed E-state index contributed by atoms with van der Waals surface area (Å²) in [6, 6.07) is 2.06. The van der Waals surface area contributed by atoms with E-state index in [1.54, 1.807) is 6.33 Å². The molecule has 6 heteroatoms. The van der Waals surface area contributed by atoms with Gasteiger partial charge in [0.15, 0.2) is 5.65 Å². The van der Waals surface area contributed by atoms with Crippen LogP contribution in [-0.2, 0) is 19.3 Å². The summed E-state index contributed by atoms with van der Waals surface area (Å²) in [7, 11) is 0. The van der Waals surface area contributed by atoms with Gasteiger partial charge in [-0.3, -0.25) is 0 Å². The van der Waals surface area contributed by atoms with Crippen LogP contribution in [0.5, 0.6) is 0 Å². The maximum Gasteiger partial charge on any atom is 0.165 e. The maximum absolute atomic E-state index is 4.74. The van der Waals surface area contributed by atoms with Crippen LogP contribution in [0.1, 0.15) is 40.5 Å². The fourth-order valence-electron chi connectivity index (χ4n) is 3.63. The Kier molecular flexibility index (Phi) is 4.03. The second kappa shape index (κ2) is 6.35. The van der Waals surface area contributed by atoms with E-state index in [2.05, 4.69) is 45.2 Å². The van der Waals surface area contributed by atoms with Crippen LogP contribution in [-0.4, -0.2) is 31.5 Å². The largest absolute Gasteiger partial charge is 0.369 e. The molecule has 4 rings (SSSR count). The molecule has 0 unspecified atom stereocenters. The van der Waals surface area contributed by atoms with Crippen LogP contribution in [0.3, 0.4) is 0 Å². The molecule has 1 aliphatic carbocycles. The Balaban J connectivity index is 1.53. The van der Waals surface area contributed by atoms with Crippen molar-refractivity contribution in [3.8, 4) is 0 Å². The van der Waals surface area contributed by atoms with Crippen LogP contribution in [0.15, 0.2) is 12.4 Å². The number of aryl methyl sites for hydroxylation is 4. The first kappa shape index (κ1) is 15.9. The van der Waals surface area contributed by atoms with E-state index in [4.69, 9.17) is 4.98 Å². The van der Waals surface area contributed by atoms with Crippen LogP contribution in [0.4, 0.5) is 5.82 Å². The van der Waals surface area contributed by atoms with Crippen LogP contribution >= 0.6 is 0 Å². The van der Waals surface area contributed by atoms with Crippen molar-refractivity contribution in [2.24, 2.45) is 0 Å². The molecule has 25 heavy (non-hydrogen) atoms. The molecule has 1 aliphatic rings. The van der Waals surface area contributed by atoms with E-state index in [0.29, 0.717) is 0 Å². The first-order chi connectivity index (χ1) is 12.1. The van der Waals surface area contributed by atoms with Gasteiger partial charge in [-0.25, -0.2) is 24.9 Å². The predicted octanol–water partition coefficient (Wildman–Crippen LogP) is 2.88. The normalized spacial score (nSPS) is 13.2. The average molecular weight is 334 g/mol. The minimum atomic E-state index is 0.734. The highest BCUT2D eigenvalue weighted by Gasteiger charge is 2.17. The van der Waals surface area contributed by atoms with Gasteiger partial charge in [-0.05, 0) is 57.2 Å². The van der Waals surface area contributed by atoms with E-state index < -0.39 is 0 Å². The van der Waals surface area contributed by atoms with Crippen molar-refractivity contribution in [2.75, 3.05) is 11.9 Å². The summed E-state index contributed by atoms with van der Waals surface area (Å²) >= 11 is 0. The smallest absolute Gasteiger partial charge is 0.165 e. The van der Waals surface area contributed by atoms with E-state index in [0.717, 1.165) is 65.4 Å². The van der Waals surface area contributed by atoms with Crippen molar-refractivity contribution in [1.29, 1.82) is 0 Å². The lowest BCUT2D eigenvalue weighted by molar-refractivity contribution is 0.845. The van der Waals surface area contributed by atoms with Gasteiger partial charge in [-0.1, -0.05) is 0 Å². The SMILES string of the molecule is Cc1cc(C)c2c(NCCc3nc(C)c4c(n3)CCC4)ncnc2n1. The standard InChI is InChI=1S/C19H22N6/c1-11-9-12(2)23-19-17(11)18(21-10-22-19)20-8-7-16-24-13(3)14-5-4-6-15(14)25-16/h9-10H,4-8H2,1-3H3,(H,20,21,22,23). The van der Waals surface area contributed by atoms with Gasteiger partial charge in [-0.2, -0.15) is 0 Å². The Bertz CT molecular complexity index is 950. The molecule has 0 bridgehead atoms. The number of nitrogens with zero attached hydrogens (tertiary/aromatic N) is 5. The fraction of sp³-hybridized carbons (Fsp3) is 0.421. The van der Waals surface area contributed by atoms with Crippen molar-refractivity contribution < 1.29 is 0 Å². The van der Waals surface area contributed by atoms with Crippen LogP contribution in [0, 0.1) is 20.8 Å². The third-order valence-electron chi connectivity index (χ3n) is 4.76. The number of nitrogens with one attached hydrogen (secondary N) is 1. The third-order valence-corrected chi connectivity index (χ3v) is 4.76. The minimum Gasteiger partial charge on any atom is -0.369 e. The topological polar surface area (TPSA) is 76.5 Å². The van der Waals surface area contributed by atoms with E-state index in [-0.39, 0.29) is 0 Å². The molecule has 0 fully saturated rings. The van der Waals surface area contributed by atoms with Crippen LogP contribution < -0.4 is 5.32 Å². The molecule has 1 N–H and O–H groups in total. The summed E-state index contributed by atoms with van der Waals surface area (Å²) in [6.45, 7) is 6.88. The van der Waals surface area contributed by atoms with E-state index in [9.17, 15) is 0 Å². The van der Waals surface area contributed by atoms with Gasteiger partial charge < -0.3 is 5.32 Å². The summed E-state index contributed by atoms with van der Waals surface area (Å²) in [4.78, 5) is 22.6. The summed E-state index contributed by atoms with van der Waals surface area (Å²) in [6.07, 6.45) is 5.74. The molecule has 3 aromatic heterocycles. The van der Waals surface area contributed by atoms with Crippen molar-refractivity contribution in [1.82, 2.24) is 24.9 Å². The number of aromatic nitrogens is 5. The number of hydrogen-bond acceptors (Lipinski definition) is 6. The molecular weight excluding hydrogens is 312 g/mol. The molecule has 6 nitrogen and oxygen atoms in total. The maximum atomic E-state index is 4.74. The first-order valence-electron chi connectivity index (χ1n) is 8.80. The average Bonchev–Trinajstić information content (AvgIpc) is 3.03. The molecule has 0 aliphatic heterocycles. The quantitative estimate of drug-likeness (QED) is 0.790. The highest BCUT2D eigenvalue weighted by molar-refractivity contribution is 5.89. The highest BCUT2D eigenvalue weighted by Crippen LogP contribution is 2.23. The number of pyridine rings is 1. The zero-order valence-corrected chi connectivity index (χ0v) is 14.9. The summed E-state index contributed by atoms with van der Waals surface area (Å²) in [5.41, 5.74) is 6.58. The summed E-state index contributed by atoms with van der Waals surface area (Å²) < 4.78 is 0. The molecule has 0 saturated heterocycles. The lowest BCUT2D eigenvalue weighted by Gasteiger charge is -2.11. The zero-order chi connectivity index (χ0) is 17.4. The molecular formula is C19H22N6. The number of rotatable bonds is 4. The molecule has 0 atom stereocenters. The Labute approximate surface area is 147 Å². The second-order valence-electron chi connectivity index (χ2n) is 6.68. The Morgan fingerprint density at radius 1 is 1.04 bits per heavy atom. The van der Waals surface area contributed by atoms with Crippen LogP contribution in [0.2, 0.25) is 0 Å². The van der Waals surface area contributed by atoms with Gasteiger partial charge >= 0.3 is 0 Å². The molecule has 0 radical (unpaired) electrons. The fourth-order valence-corrected chi connectivity index (χ4v) is 3.63. The van der Waals surface area contributed by atoms with Crippen LogP contribution in [0.25, 0.3) is 11.0 Å². The number of fused-ring (bicyclic) bond motifs is 2. The van der Waals surface area contributed by atoms with Gasteiger partial charge in [0, 0.05) is 30.0 Å². The van der Waals surface area contributed by atoms with Crippen molar-refractivity contribution >= 4 is 16.9 Å². The Morgan fingerprint density at radius 2 is 1.92 bits per heavy atom. The summed E-state index contributed by atoms with van der Waals surface area (Å²) in [5, 5.41) is 4.40. The second-order valence-corrected chi connectivity index (χ2v) is 6.68. The minimum absolute atomic E-state index is 0.734. The molecule has 128 valence electrons. The van der Waals surface area contributed by atoms with Gasteiger partial charge in [0.2, 0.25) is 0 Å². The number of hydrogen-bond donors (Lipinski definition) is 1. The van der Waals surface area contributed by atoms with Gasteiger partial charge in [-0.15, -0.1) is 0 Å². The third kappa shape index (κ3) is 3.04. The highest BCUT2D eigenvalue weighted by atomic mass is 15.0. The predicted molar refractivity (Wildman–Crippen MR) is 97.8 cm³/mol. The zero-order valence-electron chi connectivity index (χ0n) is 14.9. The van der Waals surface area contributed by atoms with Gasteiger partial charge in [0.05, 0.1) is 5.39 Å². The Hall–Kier alpha value is -2.63. The van der Waals surface area contributed by atoms with E-state index >= 15 is 0 Å².